The van der Waals surface area contributed by atoms with Gasteiger partial charge >= 0.3 is 0 Å². The first-order valence-corrected chi connectivity index (χ1v) is 14.2. The van der Waals surface area contributed by atoms with Gasteiger partial charge in [0.05, 0.1) is 33.1 Å². The minimum Gasteiger partial charge on any atom is -0.310 e. The molecule has 0 N–H and O–H groups in total. The molecule has 0 unspecified atom stereocenters. The molecule has 0 aliphatic carbocycles. The van der Waals surface area contributed by atoms with Crippen molar-refractivity contribution in [3.63, 3.8) is 0 Å². The van der Waals surface area contributed by atoms with Gasteiger partial charge in [-0.2, -0.15) is 0 Å². The maximum Gasteiger partial charge on any atom is 0.0784 e. The zero-order chi connectivity index (χ0) is 27.2. The van der Waals surface area contributed by atoms with Gasteiger partial charge in [-0.15, -0.1) is 0 Å². The summed E-state index contributed by atoms with van der Waals surface area (Å²) >= 11 is 0. The molecule has 3 nitrogen and oxygen atoms in total. The maximum atomic E-state index is 2.50. The van der Waals surface area contributed by atoms with Gasteiger partial charge in [-0.3, -0.25) is 0 Å². The summed E-state index contributed by atoms with van der Waals surface area (Å²) in [6.45, 7) is 4.41. The van der Waals surface area contributed by atoms with Crippen LogP contribution in [0, 0.1) is 13.8 Å². The Morgan fingerprint density at radius 3 is 1.56 bits per heavy atom. The van der Waals surface area contributed by atoms with Gasteiger partial charge in [-0.1, -0.05) is 84.9 Å². The van der Waals surface area contributed by atoms with Crippen molar-refractivity contribution >= 4 is 71.7 Å². The summed E-state index contributed by atoms with van der Waals surface area (Å²) in [7, 11) is 0. The van der Waals surface area contributed by atoms with Gasteiger partial charge in [0.2, 0.25) is 0 Å². The Morgan fingerprint density at radius 1 is 0.415 bits per heavy atom. The maximum absolute atomic E-state index is 2.50. The topological polar surface area (TPSA) is 12.1 Å². The molecule has 9 rings (SSSR count). The van der Waals surface area contributed by atoms with Gasteiger partial charge in [0, 0.05) is 38.6 Å². The lowest BCUT2D eigenvalue weighted by Gasteiger charge is -2.29. The molecule has 0 fully saturated rings. The van der Waals surface area contributed by atoms with Gasteiger partial charge in [0.1, 0.15) is 0 Å². The molecular formula is C38H27N3. The van der Waals surface area contributed by atoms with E-state index in [4.69, 9.17) is 0 Å². The average Bonchev–Trinajstić information content (AvgIpc) is 3.53. The van der Waals surface area contributed by atoms with Crippen LogP contribution in [0.1, 0.15) is 11.1 Å². The van der Waals surface area contributed by atoms with Crippen molar-refractivity contribution in [2.75, 3.05) is 4.90 Å². The highest BCUT2D eigenvalue weighted by atomic mass is 15.1. The zero-order valence-corrected chi connectivity index (χ0v) is 23.0. The third kappa shape index (κ3) is 2.93. The molecule has 194 valence electrons. The summed E-state index contributed by atoms with van der Waals surface area (Å²) in [5.74, 6) is 0. The third-order valence-electron chi connectivity index (χ3n) is 8.86. The second-order valence-corrected chi connectivity index (χ2v) is 11.1. The molecular weight excluding hydrogens is 498 g/mol. The molecule has 0 amide bonds. The van der Waals surface area contributed by atoms with Crippen LogP contribution in [0.15, 0.2) is 127 Å². The van der Waals surface area contributed by atoms with Crippen LogP contribution in [0.2, 0.25) is 0 Å². The molecule has 6 aromatic carbocycles. The van der Waals surface area contributed by atoms with Crippen LogP contribution >= 0.6 is 0 Å². The van der Waals surface area contributed by atoms with Gasteiger partial charge in [-0.25, -0.2) is 0 Å². The molecule has 0 radical (unpaired) electrons. The average molecular weight is 526 g/mol. The molecule has 0 saturated carbocycles. The number of rotatable bonds is 3. The second kappa shape index (κ2) is 8.12. The van der Waals surface area contributed by atoms with E-state index in [2.05, 4.69) is 155 Å². The molecule has 3 heterocycles. The summed E-state index contributed by atoms with van der Waals surface area (Å²) < 4.78 is 4.98. The van der Waals surface area contributed by atoms with Gasteiger partial charge in [0.15, 0.2) is 0 Å². The number of anilines is 3. The van der Waals surface area contributed by atoms with Crippen molar-refractivity contribution in [3.8, 4) is 0 Å². The highest BCUT2D eigenvalue weighted by Crippen LogP contribution is 2.45. The predicted molar refractivity (Wildman–Crippen MR) is 174 cm³/mol. The number of aryl methyl sites for hydroxylation is 2. The minimum absolute atomic E-state index is 1.16. The van der Waals surface area contributed by atoms with E-state index in [0.717, 1.165) is 5.69 Å². The summed E-state index contributed by atoms with van der Waals surface area (Å²) in [5, 5.41) is 5.11. The highest BCUT2D eigenvalue weighted by Gasteiger charge is 2.24. The second-order valence-electron chi connectivity index (χ2n) is 11.1. The van der Waals surface area contributed by atoms with Crippen LogP contribution in [0.3, 0.4) is 0 Å². The normalized spacial score (nSPS) is 12.1. The fraction of sp³-hybridized carbons (Fsp3) is 0.0526. The van der Waals surface area contributed by atoms with E-state index in [1.54, 1.807) is 0 Å². The lowest BCUT2D eigenvalue weighted by atomic mass is 10.1. The van der Waals surface area contributed by atoms with Crippen molar-refractivity contribution in [1.29, 1.82) is 0 Å². The van der Waals surface area contributed by atoms with E-state index in [1.807, 2.05) is 0 Å². The molecule has 3 heteroatoms. The van der Waals surface area contributed by atoms with Crippen molar-refractivity contribution < 1.29 is 0 Å². The minimum atomic E-state index is 1.16. The Hall–Kier alpha value is -5.28. The molecule has 41 heavy (non-hydrogen) atoms. The van der Waals surface area contributed by atoms with Crippen LogP contribution < -0.4 is 4.90 Å². The molecule has 0 atom stereocenters. The first kappa shape index (κ1) is 22.5. The quantitative estimate of drug-likeness (QED) is 0.209. The van der Waals surface area contributed by atoms with E-state index in [9.17, 15) is 0 Å². The molecule has 0 spiro atoms. The number of hydrogen-bond acceptors (Lipinski definition) is 1. The number of para-hydroxylation sites is 5. The number of aromatic nitrogens is 2. The van der Waals surface area contributed by atoms with E-state index in [0.29, 0.717) is 0 Å². The van der Waals surface area contributed by atoms with Crippen molar-refractivity contribution in [3.05, 3.63) is 139 Å². The van der Waals surface area contributed by atoms with Crippen molar-refractivity contribution in [1.82, 2.24) is 8.80 Å². The molecule has 3 aromatic heterocycles. The Balaban J connectivity index is 1.54. The number of hydrogen-bond donors (Lipinski definition) is 0. The van der Waals surface area contributed by atoms with E-state index >= 15 is 0 Å². The van der Waals surface area contributed by atoms with Crippen LogP contribution in [0.4, 0.5) is 17.1 Å². The first-order chi connectivity index (χ1) is 20.2. The molecule has 0 saturated heterocycles. The summed E-state index contributed by atoms with van der Waals surface area (Å²) in [6.07, 6.45) is 0. The fourth-order valence-corrected chi connectivity index (χ4v) is 7.08. The number of benzene rings is 6. The van der Waals surface area contributed by atoms with Gasteiger partial charge in [-0.05, 0) is 67.4 Å². The standard InChI is InChI=1S/C38H27N3/c1-24-12-3-7-17-31(24)39(32-18-8-4-13-25(32)2)26-22-30-28-15-6-10-20-34(28)40-35-21-11-16-29-27-14-5-9-19-33(27)41(37(29)35)36(23-26)38(30)40/h3-23H,1-2H3. The van der Waals surface area contributed by atoms with Gasteiger partial charge < -0.3 is 13.7 Å². The summed E-state index contributed by atoms with van der Waals surface area (Å²) in [5.41, 5.74) is 13.5. The van der Waals surface area contributed by atoms with Crippen LogP contribution in [-0.4, -0.2) is 8.80 Å². The predicted octanol–water partition coefficient (Wildman–Crippen LogP) is 10.3. The monoisotopic (exact) mass is 525 g/mol. The number of fused-ring (bicyclic) bond motifs is 8. The Labute approximate surface area is 237 Å². The zero-order valence-electron chi connectivity index (χ0n) is 23.0. The third-order valence-corrected chi connectivity index (χ3v) is 8.86. The van der Waals surface area contributed by atoms with E-state index in [-0.39, 0.29) is 0 Å². The first-order valence-electron chi connectivity index (χ1n) is 14.2. The molecule has 0 bridgehead atoms. The SMILES string of the molecule is Cc1ccccc1N(c1cc2c3ccccc3n3c4cccc5c6ccccc6n(c(c1)c23)c54)c1ccccc1C. The lowest BCUT2D eigenvalue weighted by molar-refractivity contribution is 1.22. The van der Waals surface area contributed by atoms with E-state index < -0.39 is 0 Å². The summed E-state index contributed by atoms with van der Waals surface area (Å²) in [4.78, 5) is 2.44. The van der Waals surface area contributed by atoms with Crippen molar-refractivity contribution in [2.45, 2.75) is 13.8 Å². The number of nitrogens with zero attached hydrogens (tertiary/aromatic N) is 3. The Kier molecular flexibility index (Phi) is 4.46. The van der Waals surface area contributed by atoms with Crippen LogP contribution in [-0.2, 0) is 0 Å². The molecule has 9 aromatic rings. The van der Waals surface area contributed by atoms with Crippen LogP contribution in [0.5, 0.6) is 0 Å². The van der Waals surface area contributed by atoms with Gasteiger partial charge in [0.25, 0.3) is 0 Å². The molecule has 0 aliphatic heterocycles. The smallest absolute Gasteiger partial charge is 0.0784 e. The Morgan fingerprint density at radius 2 is 0.902 bits per heavy atom. The highest BCUT2D eigenvalue weighted by molar-refractivity contribution is 6.22. The van der Waals surface area contributed by atoms with Crippen molar-refractivity contribution in [2.24, 2.45) is 0 Å². The largest absolute Gasteiger partial charge is 0.310 e. The molecule has 0 aliphatic rings. The van der Waals surface area contributed by atoms with E-state index in [1.165, 1.54) is 77.1 Å². The lowest BCUT2D eigenvalue weighted by Crippen LogP contribution is -2.13. The fourth-order valence-electron chi connectivity index (χ4n) is 7.08. The summed E-state index contributed by atoms with van der Waals surface area (Å²) in [6, 6.07) is 46.6. The Bertz CT molecular complexity index is 2410. The van der Waals surface area contributed by atoms with Crippen LogP contribution in [0.25, 0.3) is 54.6 Å².